The van der Waals surface area contributed by atoms with Gasteiger partial charge < -0.3 is 20.1 Å². The van der Waals surface area contributed by atoms with E-state index in [0.29, 0.717) is 18.7 Å². The fourth-order valence-electron chi connectivity index (χ4n) is 3.84. The van der Waals surface area contributed by atoms with Gasteiger partial charge in [0.25, 0.3) is 0 Å². The van der Waals surface area contributed by atoms with Gasteiger partial charge in [0.2, 0.25) is 6.41 Å². The highest BCUT2D eigenvalue weighted by atomic mass is 32.1. The Morgan fingerprint density at radius 2 is 2.22 bits per heavy atom. The van der Waals surface area contributed by atoms with Crippen LogP contribution in [-0.2, 0) is 11.2 Å². The lowest BCUT2D eigenvalue weighted by Crippen LogP contribution is -2.55. The summed E-state index contributed by atoms with van der Waals surface area (Å²) in [6, 6.07) is 9.56. The maximum Gasteiger partial charge on any atom is 0.211 e. The van der Waals surface area contributed by atoms with Gasteiger partial charge in [0.05, 0.1) is 18.5 Å². The second-order valence-corrected chi connectivity index (χ2v) is 8.54. The number of likely N-dealkylation sites (N-methyl/N-ethyl adjacent to an activating group) is 1. The second-order valence-electron chi connectivity index (χ2n) is 7.48. The second kappa shape index (κ2) is 10.4. The molecule has 3 rings (SSSR count). The summed E-state index contributed by atoms with van der Waals surface area (Å²) in [5.41, 5.74) is 3.14. The third-order valence-electron chi connectivity index (χ3n) is 5.57. The largest absolute Gasteiger partial charge is 0.499 e. The summed E-state index contributed by atoms with van der Waals surface area (Å²) in [6.45, 7) is 7.50. The molecule has 0 spiro atoms. The summed E-state index contributed by atoms with van der Waals surface area (Å²) in [7, 11) is 3.49. The lowest BCUT2D eigenvalue weighted by atomic mass is 9.90. The van der Waals surface area contributed by atoms with E-state index in [1.54, 1.807) is 19.2 Å². The predicted molar refractivity (Wildman–Crippen MR) is 130 cm³/mol. The number of benzene rings is 1. The van der Waals surface area contributed by atoms with Crippen molar-refractivity contribution < 1.29 is 14.6 Å². The van der Waals surface area contributed by atoms with E-state index in [1.807, 2.05) is 13.1 Å². The first kappa shape index (κ1) is 23.5. The number of carbonyl (C=O) groups excluding carboxylic acids is 1. The van der Waals surface area contributed by atoms with Crippen LogP contribution in [0.1, 0.15) is 29.3 Å². The van der Waals surface area contributed by atoms with Gasteiger partial charge in [-0.15, -0.1) is 0 Å². The average molecular weight is 452 g/mol. The van der Waals surface area contributed by atoms with E-state index in [0.717, 1.165) is 35.7 Å². The minimum atomic E-state index is -0.892. The molecule has 168 valence electrons. The number of aromatic hydroxyl groups is 1. The summed E-state index contributed by atoms with van der Waals surface area (Å²) in [5, 5.41) is 15.9. The SMILES string of the molecule is C=C(NC=O)C(C#Cc1ccc(O)s1)(CN1CCc2cc(OC)ccc2/C1=C/CC)NC. The van der Waals surface area contributed by atoms with Crippen LogP contribution in [0.5, 0.6) is 10.8 Å². The van der Waals surface area contributed by atoms with E-state index in [9.17, 15) is 9.90 Å². The third-order valence-corrected chi connectivity index (χ3v) is 6.37. The molecule has 2 heterocycles. The van der Waals surface area contributed by atoms with Crippen LogP contribution in [0.3, 0.4) is 0 Å². The summed E-state index contributed by atoms with van der Waals surface area (Å²) < 4.78 is 5.40. The topological polar surface area (TPSA) is 73.8 Å². The van der Waals surface area contributed by atoms with Crippen molar-refractivity contribution in [1.82, 2.24) is 15.5 Å². The van der Waals surface area contributed by atoms with Gasteiger partial charge in [0.1, 0.15) is 11.3 Å². The van der Waals surface area contributed by atoms with Crippen LogP contribution in [0.4, 0.5) is 0 Å². The van der Waals surface area contributed by atoms with Crippen LogP contribution in [0.2, 0.25) is 0 Å². The number of fused-ring (bicyclic) bond motifs is 1. The molecule has 1 aliphatic heterocycles. The maximum atomic E-state index is 11.2. The van der Waals surface area contributed by atoms with Crippen LogP contribution in [0.25, 0.3) is 5.70 Å². The zero-order chi connectivity index (χ0) is 23.1. The van der Waals surface area contributed by atoms with E-state index in [2.05, 4.69) is 59.1 Å². The van der Waals surface area contributed by atoms with Crippen molar-refractivity contribution >= 4 is 23.4 Å². The highest BCUT2D eigenvalue weighted by molar-refractivity contribution is 7.14. The van der Waals surface area contributed by atoms with Crippen molar-refractivity contribution in [3.8, 4) is 22.7 Å². The van der Waals surface area contributed by atoms with Gasteiger partial charge in [-0.05, 0) is 55.8 Å². The lowest BCUT2D eigenvalue weighted by Gasteiger charge is -2.40. The number of allylic oxidation sites excluding steroid dienone is 1. The number of methoxy groups -OCH3 is 1. The van der Waals surface area contributed by atoms with Gasteiger partial charge >= 0.3 is 0 Å². The molecule has 32 heavy (non-hydrogen) atoms. The van der Waals surface area contributed by atoms with Crippen molar-refractivity contribution in [1.29, 1.82) is 0 Å². The van der Waals surface area contributed by atoms with Crippen LogP contribution in [0.15, 0.2) is 48.7 Å². The molecule has 6 nitrogen and oxygen atoms in total. The van der Waals surface area contributed by atoms with E-state index >= 15 is 0 Å². The molecule has 0 saturated carbocycles. The normalized spacial score (nSPS) is 15.8. The van der Waals surface area contributed by atoms with Gasteiger partial charge in [-0.1, -0.05) is 42.8 Å². The molecule has 2 aromatic rings. The Morgan fingerprint density at radius 1 is 1.41 bits per heavy atom. The number of amides is 1. The van der Waals surface area contributed by atoms with Crippen LogP contribution >= 0.6 is 11.3 Å². The number of rotatable bonds is 8. The first-order valence-corrected chi connectivity index (χ1v) is 11.3. The van der Waals surface area contributed by atoms with Gasteiger partial charge in [0, 0.05) is 23.5 Å². The first-order valence-electron chi connectivity index (χ1n) is 10.5. The monoisotopic (exact) mass is 451 g/mol. The average Bonchev–Trinajstić information content (AvgIpc) is 3.22. The molecular formula is C25H29N3O3S. The molecule has 1 atom stereocenters. The molecule has 0 aliphatic carbocycles. The quantitative estimate of drug-likeness (QED) is 0.424. The standard InChI is InChI=1S/C25H29N3O3S/c1-5-6-23-22-9-7-20(31-4)15-19(22)12-14-28(23)16-25(26-3,18(2)27-17-29)13-11-21-8-10-24(30)32-21/h6-10,15,17,26,30H,2,5,12,14,16H2,1,3-4H3,(H,27,29)/b23-6-. The number of nitrogens with zero attached hydrogens (tertiary/aromatic N) is 1. The molecule has 0 radical (unpaired) electrons. The van der Waals surface area contributed by atoms with E-state index in [-0.39, 0.29) is 5.06 Å². The number of carbonyl (C=O) groups is 1. The molecular weight excluding hydrogens is 422 g/mol. The molecule has 1 aromatic heterocycles. The number of hydrogen-bond donors (Lipinski definition) is 3. The lowest BCUT2D eigenvalue weighted by molar-refractivity contribution is -0.109. The predicted octanol–water partition coefficient (Wildman–Crippen LogP) is 3.34. The van der Waals surface area contributed by atoms with Gasteiger partial charge in [-0.25, -0.2) is 0 Å². The highest BCUT2D eigenvalue weighted by Gasteiger charge is 2.35. The molecule has 0 fully saturated rings. The number of ether oxygens (including phenoxy) is 1. The molecule has 0 saturated heterocycles. The Bertz CT molecular complexity index is 1080. The molecule has 1 amide bonds. The molecule has 3 N–H and O–H groups in total. The highest BCUT2D eigenvalue weighted by Crippen LogP contribution is 2.33. The van der Waals surface area contributed by atoms with E-state index in [1.165, 1.54) is 22.5 Å². The van der Waals surface area contributed by atoms with Gasteiger partial charge in [-0.2, -0.15) is 0 Å². The number of hydrogen-bond acceptors (Lipinski definition) is 6. The van der Waals surface area contributed by atoms with Crippen LogP contribution in [0, 0.1) is 11.8 Å². The molecule has 0 bridgehead atoms. The van der Waals surface area contributed by atoms with Crippen molar-refractivity contribution in [2.45, 2.75) is 25.3 Å². The third kappa shape index (κ3) is 4.98. The van der Waals surface area contributed by atoms with Crippen molar-refractivity contribution in [2.75, 3.05) is 27.2 Å². The fourth-order valence-corrected chi connectivity index (χ4v) is 4.44. The summed E-state index contributed by atoms with van der Waals surface area (Å²) in [5.74, 6) is 7.26. The zero-order valence-corrected chi connectivity index (χ0v) is 19.5. The minimum absolute atomic E-state index is 0.213. The van der Waals surface area contributed by atoms with Gasteiger partial charge in [-0.3, -0.25) is 10.1 Å². The van der Waals surface area contributed by atoms with Crippen molar-refractivity contribution in [3.63, 3.8) is 0 Å². The summed E-state index contributed by atoms with van der Waals surface area (Å²) in [6.07, 6.45) is 4.59. The Hall–Kier alpha value is -3.21. The summed E-state index contributed by atoms with van der Waals surface area (Å²) in [4.78, 5) is 14.2. The fraction of sp³-hybridized carbons (Fsp3) is 0.320. The molecule has 1 aromatic carbocycles. The number of nitrogens with one attached hydrogen (secondary N) is 2. The van der Waals surface area contributed by atoms with Crippen LogP contribution < -0.4 is 15.4 Å². The maximum absolute atomic E-state index is 11.2. The summed E-state index contributed by atoms with van der Waals surface area (Å²) >= 11 is 1.21. The van der Waals surface area contributed by atoms with E-state index in [4.69, 9.17) is 4.74 Å². The van der Waals surface area contributed by atoms with E-state index < -0.39 is 5.54 Å². The van der Waals surface area contributed by atoms with Crippen molar-refractivity contribution in [2.24, 2.45) is 0 Å². The van der Waals surface area contributed by atoms with Crippen molar-refractivity contribution in [3.05, 3.63) is 64.7 Å². The first-order chi connectivity index (χ1) is 15.5. The van der Waals surface area contributed by atoms with Gasteiger partial charge in [0.15, 0.2) is 5.06 Å². The Kier molecular flexibility index (Phi) is 7.62. The number of thiophene rings is 1. The smallest absolute Gasteiger partial charge is 0.211 e. The van der Waals surface area contributed by atoms with Crippen LogP contribution in [-0.4, -0.2) is 49.2 Å². The minimum Gasteiger partial charge on any atom is -0.499 e. The molecule has 1 unspecified atom stereocenters. The Labute approximate surface area is 193 Å². The Morgan fingerprint density at radius 3 is 2.84 bits per heavy atom. The Balaban J connectivity index is 2.00. The molecule has 7 heteroatoms. The molecule has 1 aliphatic rings. The zero-order valence-electron chi connectivity index (χ0n) is 18.7.